The molecule has 0 saturated heterocycles. The molecule has 0 spiro atoms. The number of unbranched alkanes of at least 4 members (excludes halogenated alkanes) is 20. The van der Waals surface area contributed by atoms with E-state index < -0.39 is 73.0 Å². The average Bonchev–Trinajstić information content (AvgIpc) is 3.21. The van der Waals surface area contributed by atoms with Crippen LogP contribution in [0.5, 0.6) is 0 Å². The lowest BCUT2D eigenvalue weighted by Gasteiger charge is -2.28. The van der Waals surface area contributed by atoms with Crippen molar-refractivity contribution in [3.8, 4) is 0 Å². The topological polar surface area (TPSA) is 186 Å². The van der Waals surface area contributed by atoms with Gasteiger partial charge in [0.25, 0.3) is 7.82 Å². The highest BCUT2D eigenvalue weighted by Gasteiger charge is 2.30. The number of esters is 3. The highest BCUT2D eigenvalue weighted by Crippen LogP contribution is 2.38. The number of halogens is 4. The molecular formula is C43H71F4N4O10P. The number of benzene rings is 1. The Morgan fingerprint density at radius 1 is 0.645 bits per heavy atom. The molecule has 1 aromatic rings. The van der Waals surface area contributed by atoms with Gasteiger partial charge in [-0.2, -0.15) is 0 Å². The number of carbonyl (C=O) groups is 3. The van der Waals surface area contributed by atoms with Crippen molar-refractivity contribution in [1.82, 2.24) is 0 Å². The van der Waals surface area contributed by atoms with Crippen LogP contribution in [-0.4, -0.2) is 82.6 Å². The van der Waals surface area contributed by atoms with E-state index in [0.29, 0.717) is 36.7 Å². The number of phosphoric acid groups is 1. The minimum absolute atomic E-state index is 0.0716. The Kier molecular flexibility index (Phi) is 30.5. The number of hydrogen-bond donors (Lipinski definition) is 0. The van der Waals surface area contributed by atoms with Gasteiger partial charge in [-0.25, -0.2) is 22.4 Å². The smallest absolute Gasteiger partial charge is 0.344 e. The molecule has 1 rings (SSSR count). The van der Waals surface area contributed by atoms with E-state index in [1.165, 1.54) is 57.8 Å². The second-order valence-corrected chi connectivity index (χ2v) is 18.0. The van der Waals surface area contributed by atoms with Gasteiger partial charge in [0.1, 0.15) is 31.0 Å². The lowest BCUT2D eigenvalue weighted by molar-refractivity contribution is -0.870. The van der Waals surface area contributed by atoms with Gasteiger partial charge in [0.2, 0.25) is 0 Å². The number of quaternary nitrogens is 1. The second-order valence-electron chi connectivity index (χ2n) is 16.6. The zero-order valence-corrected chi connectivity index (χ0v) is 38.3. The van der Waals surface area contributed by atoms with Gasteiger partial charge < -0.3 is 32.6 Å². The number of phosphoric ester groups is 1. The van der Waals surface area contributed by atoms with Gasteiger partial charge in [-0.05, 0) is 24.8 Å². The van der Waals surface area contributed by atoms with Gasteiger partial charge >= 0.3 is 17.9 Å². The van der Waals surface area contributed by atoms with Gasteiger partial charge in [-0.1, -0.05) is 134 Å². The molecule has 14 nitrogen and oxygen atoms in total. The minimum Gasteiger partial charge on any atom is -0.756 e. The summed E-state index contributed by atoms with van der Waals surface area (Å²) in [7, 11) is 0.933. The summed E-state index contributed by atoms with van der Waals surface area (Å²) >= 11 is 0. The fraction of sp³-hybridized carbons (Fsp3) is 0.791. The van der Waals surface area contributed by atoms with Crippen molar-refractivity contribution in [2.75, 3.05) is 54.1 Å². The van der Waals surface area contributed by atoms with E-state index in [0.717, 1.165) is 57.8 Å². The Bertz CT molecular complexity index is 1530. The maximum atomic E-state index is 14.1. The average molecular weight is 911 g/mol. The van der Waals surface area contributed by atoms with Gasteiger partial charge in [0.15, 0.2) is 29.4 Å². The molecule has 19 heteroatoms. The summed E-state index contributed by atoms with van der Waals surface area (Å²) in [6.07, 6.45) is 20.9. The summed E-state index contributed by atoms with van der Waals surface area (Å²) < 4.78 is 94.6. The predicted molar refractivity (Wildman–Crippen MR) is 225 cm³/mol. The van der Waals surface area contributed by atoms with E-state index in [-0.39, 0.29) is 32.7 Å². The molecule has 2 atom stereocenters. The zero-order chi connectivity index (χ0) is 46.2. The molecule has 62 heavy (non-hydrogen) atoms. The van der Waals surface area contributed by atoms with Crippen LogP contribution in [0.2, 0.25) is 0 Å². The molecular weight excluding hydrogens is 839 g/mol. The predicted octanol–water partition coefficient (Wildman–Crippen LogP) is 11.4. The first-order valence-electron chi connectivity index (χ1n) is 22.4. The summed E-state index contributed by atoms with van der Waals surface area (Å²) in [5.74, 6) is -10.6. The lowest BCUT2D eigenvalue weighted by atomic mass is 10.0. The first-order valence-corrected chi connectivity index (χ1v) is 23.8. The van der Waals surface area contributed by atoms with Crippen LogP contribution in [0.4, 0.5) is 23.2 Å². The van der Waals surface area contributed by atoms with Crippen LogP contribution in [-0.2, 0) is 37.4 Å². The molecule has 0 aliphatic rings. The minimum atomic E-state index is -4.71. The van der Waals surface area contributed by atoms with Crippen LogP contribution in [0.3, 0.4) is 0 Å². The number of azide groups is 1. The van der Waals surface area contributed by atoms with Crippen molar-refractivity contribution in [2.24, 2.45) is 5.11 Å². The fourth-order valence-corrected chi connectivity index (χ4v) is 7.05. The summed E-state index contributed by atoms with van der Waals surface area (Å²) in [4.78, 5) is 51.7. The van der Waals surface area contributed by atoms with Gasteiger partial charge in [0, 0.05) is 17.8 Å². The zero-order valence-electron chi connectivity index (χ0n) is 37.4. The second kappa shape index (κ2) is 33.3. The molecule has 0 radical (unpaired) electrons. The first-order chi connectivity index (χ1) is 29.5. The maximum absolute atomic E-state index is 14.1. The number of rotatable bonds is 38. The number of ether oxygens (including phenoxy) is 3. The van der Waals surface area contributed by atoms with Gasteiger partial charge in [-0.15, -0.1) is 0 Å². The van der Waals surface area contributed by atoms with Crippen molar-refractivity contribution in [2.45, 2.75) is 167 Å². The molecule has 0 amide bonds. The number of nitrogens with zero attached hydrogens (tertiary/aromatic N) is 4. The molecule has 356 valence electrons. The van der Waals surface area contributed by atoms with Gasteiger partial charge in [-0.3, -0.25) is 14.2 Å². The Hall–Kier alpha value is -3.27. The monoisotopic (exact) mass is 910 g/mol. The van der Waals surface area contributed by atoms with Gasteiger partial charge in [0.05, 0.1) is 34.4 Å². The molecule has 0 aliphatic carbocycles. The number of hydrogen-bond acceptors (Lipinski definition) is 11. The van der Waals surface area contributed by atoms with Crippen LogP contribution < -0.4 is 4.89 Å². The standard InChI is InChI=1S/C43H71F4N4O10P/c1-5-6-7-8-9-10-11-12-13-15-18-21-24-27-35(52)58-32-34(33-60-62(55,56)59-31-29-51(2,3)4)61-36(53)28-25-22-19-16-14-17-20-23-26-30-57-43(54)37-38(44)40(46)42(49-50-48)41(47)39(37)45/h34H,5-33H2,1-4H3/t34-/m1/s1. The third kappa shape index (κ3) is 27.0. The third-order valence-corrected chi connectivity index (χ3v) is 11.0. The van der Waals surface area contributed by atoms with E-state index in [1.54, 1.807) is 0 Å². The van der Waals surface area contributed by atoms with E-state index in [4.69, 9.17) is 28.8 Å². The largest absolute Gasteiger partial charge is 0.756 e. The van der Waals surface area contributed by atoms with Crippen molar-refractivity contribution in [3.63, 3.8) is 0 Å². The van der Waals surface area contributed by atoms with Crippen molar-refractivity contribution >= 4 is 31.4 Å². The van der Waals surface area contributed by atoms with E-state index >= 15 is 0 Å². The van der Waals surface area contributed by atoms with Crippen LogP contribution >= 0.6 is 7.82 Å². The Morgan fingerprint density at radius 2 is 1.10 bits per heavy atom. The van der Waals surface area contributed by atoms with Crippen molar-refractivity contribution in [1.29, 1.82) is 0 Å². The lowest BCUT2D eigenvalue weighted by Crippen LogP contribution is -2.37. The highest BCUT2D eigenvalue weighted by atomic mass is 31.2. The van der Waals surface area contributed by atoms with Crippen LogP contribution in [0.1, 0.15) is 171 Å². The molecule has 0 bridgehead atoms. The van der Waals surface area contributed by atoms with E-state index in [9.17, 15) is 41.4 Å². The SMILES string of the molecule is CCCCCCCCCCCCCCCC(=O)OC[C@H](COP(=O)([O-])OCC[N+](C)(C)C)OC(=O)CCCCCCCCCCCOC(=O)c1c(F)c(F)c(N=[N+]=[N-])c(F)c1F. The Morgan fingerprint density at radius 3 is 1.56 bits per heavy atom. The third-order valence-electron chi connectivity index (χ3n) is 9.99. The van der Waals surface area contributed by atoms with Crippen LogP contribution in [0.15, 0.2) is 5.11 Å². The van der Waals surface area contributed by atoms with Crippen molar-refractivity contribution in [3.05, 3.63) is 39.3 Å². The summed E-state index contributed by atoms with van der Waals surface area (Å²) in [6.45, 7) is 1.40. The molecule has 1 aromatic carbocycles. The Labute approximate surface area is 365 Å². The summed E-state index contributed by atoms with van der Waals surface area (Å²) in [6, 6.07) is 0. The molecule has 0 aromatic heterocycles. The molecule has 0 N–H and O–H groups in total. The highest BCUT2D eigenvalue weighted by molar-refractivity contribution is 7.45. The quantitative estimate of drug-likeness (QED) is 0.00590. The van der Waals surface area contributed by atoms with E-state index in [2.05, 4.69) is 16.9 Å². The first kappa shape index (κ1) is 56.7. The number of likely N-dealkylation sites (N-methyl/N-ethyl adjacent to an activating group) is 1. The molecule has 0 fully saturated rings. The molecule has 1 unspecified atom stereocenters. The number of carbonyl (C=O) groups excluding carboxylic acids is 3. The summed E-state index contributed by atoms with van der Waals surface area (Å²) in [5, 5.41) is 2.57. The normalized spacial score (nSPS) is 13.0. The van der Waals surface area contributed by atoms with Crippen LogP contribution in [0.25, 0.3) is 10.4 Å². The van der Waals surface area contributed by atoms with E-state index in [1.807, 2.05) is 21.1 Å². The van der Waals surface area contributed by atoms with Crippen LogP contribution in [0, 0.1) is 23.3 Å². The molecule has 0 heterocycles. The Balaban J connectivity index is 2.35. The summed E-state index contributed by atoms with van der Waals surface area (Å²) in [5.41, 5.74) is 5.26. The maximum Gasteiger partial charge on any atom is 0.344 e. The molecule has 0 aliphatic heterocycles. The molecule has 0 saturated carbocycles. The fourth-order valence-electron chi connectivity index (χ4n) is 6.32. The van der Waals surface area contributed by atoms with Crippen molar-refractivity contribution < 1.29 is 69.1 Å².